The molecule has 3 nitrogen and oxygen atoms in total. The first-order chi connectivity index (χ1) is 8.69. The molecule has 0 aliphatic rings. The highest BCUT2D eigenvalue weighted by atomic mass is 32.2. The molecule has 0 heterocycles. The van der Waals surface area contributed by atoms with Gasteiger partial charge in [-0.25, -0.2) is 17.2 Å². The van der Waals surface area contributed by atoms with Crippen LogP contribution in [-0.2, 0) is 9.84 Å². The third-order valence-electron chi connectivity index (χ3n) is 2.44. The summed E-state index contributed by atoms with van der Waals surface area (Å²) in [5.41, 5.74) is 0.148. The molecule has 1 rings (SSSR count). The van der Waals surface area contributed by atoms with Crippen LogP contribution in [0.25, 0.3) is 0 Å². The SMILES string of the molecule is CCS(=O)(=O)c1ccc(NCC(F)(F)C(F)F)cc1. The van der Waals surface area contributed by atoms with Crippen LogP contribution in [0, 0.1) is 0 Å². The summed E-state index contributed by atoms with van der Waals surface area (Å²) in [6.45, 7) is 0.259. The van der Waals surface area contributed by atoms with Gasteiger partial charge in [-0.2, -0.15) is 8.78 Å². The van der Waals surface area contributed by atoms with E-state index in [1.54, 1.807) is 0 Å². The molecule has 0 bridgehead atoms. The number of rotatable bonds is 6. The van der Waals surface area contributed by atoms with Crippen LogP contribution in [-0.4, -0.2) is 33.1 Å². The number of anilines is 1. The fraction of sp³-hybridized carbons (Fsp3) is 0.455. The van der Waals surface area contributed by atoms with Gasteiger partial charge in [0.1, 0.15) is 0 Å². The lowest BCUT2D eigenvalue weighted by Crippen LogP contribution is -2.34. The average Bonchev–Trinajstić information content (AvgIpc) is 2.37. The lowest BCUT2D eigenvalue weighted by Gasteiger charge is -2.16. The van der Waals surface area contributed by atoms with Crippen LogP contribution in [0.2, 0.25) is 0 Å². The average molecular weight is 299 g/mol. The molecular formula is C11H13F4NO2S. The van der Waals surface area contributed by atoms with E-state index in [2.05, 4.69) is 5.32 Å². The van der Waals surface area contributed by atoms with Crippen molar-refractivity contribution in [1.29, 1.82) is 0 Å². The molecule has 1 N–H and O–H groups in total. The van der Waals surface area contributed by atoms with Gasteiger partial charge < -0.3 is 5.32 Å². The molecular weight excluding hydrogens is 286 g/mol. The maximum absolute atomic E-state index is 12.6. The molecule has 0 spiro atoms. The zero-order valence-corrected chi connectivity index (χ0v) is 10.9. The largest absolute Gasteiger partial charge is 0.379 e. The molecule has 8 heteroatoms. The van der Waals surface area contributed by atoms with E-state index in [9.17, 15) is 26.0 Å². The number of benzene rings is 1. The summed E-state index contributed by atoms with van der Waals surface area (Å²) in [6, 6.07) is 4.98. The topological polar surface area (TPSA) is 46.2 Å². The minimum atomic E-state index is -4.13. The summed E-state index contributed by atoms with van der Waals surface area (Å²) in [7, 11) is -3.37. The van der Waals surface area contributed by atoms with Crippen LogP contribution in [0.1, 0.15) is 6.92 Å². The first-order valence-corrected chi connectivity index (χ1v) is 7.07. The Kier molecular flexibility index (Phi) is 4.78. The summed E-state index contributed by atoms with van der Waals surface area (Å²) in [5, 5.41) is 2.14. The molecule has 0 amide bonds. The minimum Gasteiger partial charge on any atom is -0.379 e. The van der Waals surface area contributed by atoms with Crippen molar-refractivity contribution in [2.75, 3.05) is 17.6 Å². The van der Waals surface area contributed by atoms with Crippen LogP contribution < -0.4 is 5.32 Å². The van der Waals surface area contributed by atoms with E-state index < -0.39 is 28.7 Å². The molecule has 0 fully saturated rings. The Balaban J connectivity index is 2.74. The van der Waals surface area contributed by atoms with Crippen LogP contribution in [0.4, 0.5) is 23.2 Å². The maximum Gasteiger partial charge on any atom is 0.324 e. The Morgan fingerprint density at radius 1 is 1.21 bits per heavy atom. The van der Waals surface area contributed by atoms with Gasteiger partial charge in [-0.15, -0.1) is 0 Å². The second-order valence-electron chi connectivity index (χ2n) is 3.84. The zero-order chi connectivity index (χ0) is 14.7. The molecule has 0 unspecified atom stereocenters. The molecule has 1 aromatic carbocycles. The van der Waals surface area contributed by atoms with E-state index in [0.29, 0.717) is 0 Å². The fourth-order valence-corrected chi connectivity index (χ4v) is 2.13. The summed E-state index contributed by atoms with van der Waals surface area (Å²) >= 11 is 0. The highest BCUT2D eigenvalue weighted by molar-refractivity contribution is 7.91. The third kappa shape index (κ3) is 4.09. The van der Waals surface area contributed by atoms with Crippen molar-refractivity contribution >= 4 is 15.5 Å². The highest BCUT2D eigenvalue weighted by Gasteiger charge is 2.40. The van der Waals surface area contributed by atoms with Gasteiger partial charge in [0.25, 0.3) is 0 Å². The summed E-state index contributed by atoms with van der Waals surface area (Å²) in [4.78, 5) is 0.0566. The van der Waals surface area contributed by atoms with Crippen LogP contribution in [0.15, 0.2) is 29.2 Å². The van der Waals surface area contributed by atoms with Gasteiger partial charge in [-0.3, -0.25) is 0 Å². The second kappa shape index (κ2) is 5.77. The van der Waals surface area contributed by atoms with Gasteiger partial charge in [0.2, 0.25) is 0 Å². The molecule has 0 aliphatic carbocycles. The maximum atomic E-state index is 12.6. The molecule has 108 valence electrons. The van der Waals surface area contributed by atoms with E-state index in [0.717, 1.165) is 0 Å². The Bertz CT molecular complexity index is 514. The van der Waals surface area contributed by atoms with Crippen LogP contribution in [0.5, 0.6) is 0 Å². The van der Waals surface area contributed by atoms with Crippen molar-refractivity contribution in [3.05, 3.63) is 24.3 Å². The summed E-state index contributed by atoms with van der Waals surface area (Å²) in [6.07, 6.45) is -3.75. The molecule has 19 heavy (non-hydrogen) atoms. The molecule has 0 aromatic heterocycles. The standard InChI is InChI=1S/C11H13F4NO2S/c1-2-19(17,18)9-5-3-8(4-6-9)16-7-11(14,15)10(12)13/h3-6,10,16H,2,7H2,1H3. The predicted molar refractivity (Wildman–Crippen MR) is 63.6 cm³/mol. The molecule has 1 aromatic rings. The molecule has 0 saturated carbocycles. The Morgan fingerprint density at radius 3 is 2.16 bits per heavy atom. The zero-order valence-electron chi connectivity index (χ0n) is 10.0. The van der Waals surface area contributed by atoms with Gasteiger partial charge in [0.05, 0.1) is 17.2 Å². The van der Waals surface area contributed by atoms with Gasteiger partial charge in [0.15, 0.2) is 9.84 Å². The highest BCUT2D eigenvalue weighted by Crippen LogP contribution is 2.23. The number of sulfone groups is 1. The van der Waals surface area contributed by atoms with E-state index >= 15 is 0 Å². The Hall–Kier alpha value is -1.31. The van der Waals surface area contributed by atoms with Crippen molar-refractivity contribution in [3.8, 4) is 0 Å². The van der Waals surface area contributed by atoms with Crippen LogP contribution in [0.3, 0.4) is 0 Å². The van der Waals surface area contributed by atoms with Crippen molar-refractivity contribution in [3.63, 3.8) is 0 Å². The minimum absolute atomic E-state index is 0.0566. The monoisotopic (exact) mass is 299 g/mol. The first kappa shape index (κ1) is 15.7. The number of nitrogens with one attached hydrogen (secondary N) is 1. The smallest absolute Gasteiger partial charge is 0.324 e. The molecule has 0 aliphatic heterocycles. The molecule has 0 atom stereocenters. The lowest BCUT2D eigenvalue weighted by molar-refractivity contribution is -0.117. The summed E-state index contributed by atoms with van der Waals surface area (Å²) in [5.74, 6) is -4.21. The Morgan fingerprint density at radius 2 is 1.74 bits per heavy atom. The van der Waals surface area contributed by atoms with E-state index in [1.165, 1.54) is 31.2 Å². The fourth-order valence-electron chi connectivity index (χ4n) is 1.24. The number of halogens is 4. The number of hydrogen-bond donors (Lipinski definition) is 1. The normalized spacial score (nSPS) is 12.7. The summed E-state index contributed by atoms with van der Waals surface area (Å²) < 4.78 is 72.1. The quantitative estimate of drug-likeness (QED) is 0.822. The Labute approximate surface area is 108 Å². The second-order valence-corrected chi connectivity index (χ2v) is 6.12. The van der Waals surface area contributed by atoms with E-state index in [1.807, 2.05) is 0 Å². The number of hydrogen-bond acceptors (Lipinski definition) is 3. The van der Waals surface area contributed by atoms with Crippen molar-refractivity contribution in [2.24, 2.45) is 0 Å². The van der Waals surface area contributed by atoms with Gasteiger partial charge in [-0.1, -0.05) is 6.92 Å². The lowest BCUT2D eigenvalue weighted by atomic mass is 10.3. The van der Waals surface area contributed by atoms with Crippen molar-refractivity contribution < 1.29 is 26.0 Å². The van der Waals surface area contributed by atoms with Crippen molar-refractivity contribution in [1.82, 2.24) is 0 Å². The third-order valence-corrected chi connectivity index (χ3v) is 4.19. The number of alkyl halides is 4. The van der Waals surface area contributed by atoms with Gasteiger partial charge >= 0.3 is 12.3 Å². The first-order valence-electron chi connectivity index (χ1n) is 5.41. The molecule has 0 radical (unpaired) electrons. The van der Waals surface area contributed by atoms with Gasteiger partial charge in [-0.05, 0) is 24.3 Å². The van der Waals surface area contributed by atoms with E-state index in [4.69, 9.17) is 0 Å². The van der Waals surface area contributed by atoms with E-state index in [-0.39, 0.29) is 16.3 Å². The van der Waals surface area contributed by atoms with Crippen molar-refractivity contribution in [2.45, 2.75) is 24.2 Å². The van der Waals surface area contributed by atoms with Crippen LogP contribution >= 0.6 is 0 Å². The van der Waals surface area contributed by atoms with Gasteiger partial charge in [0, 0.05) is 5.69 Å². The predicted octanol–water partition coefficient (Wildman–Crippen LogP) is 2.79. The molecule has 0 saturated heterocycles.